The van der Waals surface area contributed by atoms with Crippen LogP contribution in [0.1, 0.15) is 17.7 Å². The Kier molecular flexibility index (Phi) is 4.13. The van der Waals surface area contributed by atoms with Crippen LogP contribution in [0.15, 0.2) is 23.0 Å². The molecule has 1 aromatic heterocycles. The molecule has 3 nitrogen and oxygen atoms in total. The van der Waals surface area contributed by atoms with Crippen LogP contribution >= 0.6 is 0 Å². The van der Waals surface area contributed by atoms with Crippen molar-refractivity contribution in [2.75, 3.05) is 13.6 Å². The molecule has 0 radical (unpaired) electrons. The van der Waals surface area contributed by atoms with Gasteiger partial charge in [0.2, 0.25) is 5.56 Å². The van der Waals surface area contributed by atoms with Crippen LogP contribution in [0.4, 0.5) is 0 Å². The quantitative estimate of drug-likeness (QED) is 0.706. The van der Waals surface area contributed by atoms with Crippen LogP contribution in [0.25, 0.3) is 6.08 Å². The Balaban J connectivity index is 2.67. The first kappa shape index (κ1) is 10.7. The second kappa shape index (κ2) is 5.40. The lowest BCUT2D eigenvalue weighted by atomic mass is 10.2. The lowest BCUT2D eigenvalue weighted by Gasteiger charge is -1.98. The van der Waals surface area contributed by atoms with E-state index in [1.54, 1.807) is 6.07 Å². The summed E-state index contributed by atoms with van der Waals surface area (Å²) >= 11 is 0. The predicted octanol–water partition coefficient (Wildman–Crippen LogP) is 1.31. The highest BCUT2D eigenvalue weighted by Crippen LogP contribution is 2.04. The highest BCUT2D eigenvalue weighted by molar-refractivity contribution is 5.50. The maximum absolute atomic E-state index is 10.9. The van der Waals surface area contributed by atoms with E-state index in [4.69, 9.17) is 0 Å². The number of pyridine rings is 1. The number of hydrogen-bond donors (Lipinski definition) is 2. The van der Waals surface area contributed by atoms with Gasteiger partial charge in [-0.1, -0.05) is 12.2 Å². The molecule has 0 saturated heterocycles. The average Bonchev–Trinajstić information content (AvgIpc) is 2.15. The zero-order valence-corrected chi connectivity index (χ0v) is 8.63. The molecular weight excluding hydrogens is 176 g/mol. The van der Waals surface area contributed by atoms with Crippen molar-refractivity contribution in [2.24, 2.45) is 0 Å². The molecule has 0 bridgehead atoms. The van der Waals surface area contributed by atoms with Crippen LogP contribution < -0.4 is 10.9 Å². The SMILES string of the molecule is CNCCC=Cc1ccc(=O)[nH]c1C. The Morgan fingerprint density at radius 1 is 1.50 bits per heavy atom. The monoisotopic (exact) mass is 192 g/mol. The van der Waals surface area contributed by atoms with Crippen molar-refractivity contribution in [2.45, 2.75) is 13.3 Å². The maximum Gasteiger partial charge on any atom is 0.248 e. The van der Waals surface area contributed by atoms with Gasteiger partial charge < -0.3 is 10.3 Å². The first-order chi connectivity index (χ1) is 6.74. The van der Waals surface area contributed by atoms with E-state index in [2.05, 4.69) is 16.4 Å². The molecule has 0 unspecified atom stereocenters. The molecule has 0 saturated carbocycles. The molecule has 0 aliphatic heterocycles. The van der Waals surface area contributed by atoms with Crippen LogP contribution in [0.2, 0.25) is 0 Å². The van der Waals surface area contributed by atoms with Gasteiger partial charge in [-0.2, -0.15) is 0 Å². The first-order valence-electron chi connectivity index (χ1n) is 4.75. The third-order valence-corrected chi connectivity index (χ3v) is 2.02. The topological polar surface area (TPSA) is 44.9 Å². The summed E-state index contributed by atoms with van der Waals surface area (Å²) in [6, 6.07) is 3.38. The molecule has 1 rings (SSSR count). The van der Waals surface area contributed by atoms with E-state index in [0.29, 0.717) is 0 Å². The molecule has 1 heterocycles. The molecule has 76 valence electrons. The van der Waals surface area contributed by atoms with E-state index < -0.39 is 0 Å². The van der Waals surface area contributed by atoms with Crippen molar-refractivity contribution >= 4 is 6.08 Å². The van der Waals surface area contributed by atoms with Gasteiger partial charge in [0, 0.05) is 11.8 Å². The Labute approximate surface area is 83.9 Å². The fourth-order valence-corrected chi connectivity index (χ4v) is 1.21. The number of aryl methyl sites for hydroxylation is 1. The highest BCUT2D eigenvalue weighted by Gasteiger charge is 1.93. The molecule has 1 aromatic rings. The minimum Gasteiger partial charge on any atom is -0.326 e. The smallest absolute Gasteiger partial charge is 0.248 e. The first-order valence-corrected chi connectivity index (χ1v) is 4.75. The van der Waals surface area contributed by atoms with Crippen LogP contribution in [0.5, 0.6) is 0 Å². The number of H-pyrrole nitrogens is 1. The number of aromatic nitrogens is 1. The van der Waals surface area contributed by atoms with Crippen molar-refractivity contribution in [1.82, 2.24) is 10.3 Å². The van der Waals surface area contributed by atoms with Crippen molar-refractivity contribution < 1.29 is 0 Å². The highest BCUT2D eigenvalue weighted by atomic mass is 16.1. The van der Waals surface area contributed by atoms with Gasteiger partial charge in [0.05, 0.1) is 0 Å². The summed E-state index contributed by atoms with van der Waals surface area (Å²) in [5, 5.41) is 3.07. The van der Waals surface area contributed by atoms with Gasteiger partial charge in [-0.05, 0) is 38.6 Å². The Morgan fingerprint density at radius 3 is 2.93 bits per heavy atom. The number of nitrogens with one attached hydrogen (secondary N) is 2. The largest absolute Gasteiger partial charge is 0.326 e. The Bertz CT molecular complexity index is 366. The van der Waals surface area contributed by atoms with E-state index in [-0.39, 0.29) is 5.56 Å². The molecule has 0 amide bonds. The van der Waals surface area contributed by atoms with E-state index in [1.165, 1.54) is 0 Å². The second-order valence-electron chi connectivity index (χ2n) is 3.20. The predicted molar refractivity (Wildman–Crippen MR) is 59.4 cm³/mol. The molecular formula is C11H16N2O. The lowest BCUT2D eigenvalue weighted by molar-refractivity contribution is 0.809. The van der Waals surface area contributed by atoms with Crippen molar-refractivity contribution in [3.63, 3.8) is 0 Å². The van der Waals surface area contributed by atoms with Crippen LogP contribution in [0, 0.1) is 6.92 Å². The number of rotatable bonds is 4. The van der Waals surface area contributed by atoms with Gasteiger partial charge in [-0.15, -0.1) is 0 Å². The summed E-state index contributed by atoms with van der Waals surface area (Å²) in [5.74, 6) is 0. The number of hydrogen-bond acceptors (Lipinski definition) is 2. The zero-order chi connectivity index (χ0) is 10.4. The molecule has 2 N–H and O–H groups in total. The number of aromatic amines is 1. The summed E-state index contributed by atoms with van der Waals surface area (Å²) in [7, 11) is 1.93. The molecule has 0 aliphatic carbocycles. The molecule has 0 aliphatic rings. The molecule has 14 heavy (non-hydrogen) atoms. The second-order valence-corrected chi connectivity index (χ2v) is 3.20. The average molecular weight is 192 g/mol. The normalized spacial score (nSPS) is 11.0. The van der Waals surface area contributed by atoms with Crippen molar-refractivity contribution in [1.29, 1.82) is 0 Å². The van der Waals surface area contributed by atoms with E-state index >= 15 is 0 Å². The third-order valence-electron chi connectivity index (χ3n) is 2.02. The van der Waals surface area contributed by atoms with Gasteiger partial charge in [-0.25, -0.2) is 0 Å². The lowest BCUT2D eigenvalue weighted by Crippen LogP contribution is -2.06. The van der Waals surface area contributed by atoms with Gasteiger partial charge in [0.1, 0.15) is 0 Å². The summed E-state index contributed by atoms with van der Waals surface area (Å²) in [6.45, 7) is 2.87. The molecule has 0 fully saturated rings. The van der Waals surface area contributed by atoms with Crippen molar-refractivity contribution in [3.05, 3.63) is 39.8 Å². The van der Waals surface area contributed by atoms with E-state index in [9.17, 15) is 4.79 Å². The minimum absolute atomic E-state index is 0.0464. The summed E-state index contributed by atoms with van der Waals surface area (Å²) in [5.41, 5.74) is 1.94. The standard InChI is InChI=1S/C11H16N2O/c1-9-10(5-3-4-8-12-2)6-7-11(14)13-9/h3,5-7,12H,4,8H2,1-2H3,(H,13,14). The van der Waals surface area contributed by atoms with Crippen LogP contribution in [0.3, 0.4) is 0 Å². The summed E-state index contributed by atoms with van der Waals surface area (Å²) in [6.07, 6.45) is 5.12. The van der Waals surface area contributed by atoms with Gasteiger partial charge >= 0.3 is 0 Å². The zero-order valence-electron chi connectivity index (χ0n) is 8.63. The minimum atomic E-state index is -0.0464. The molecule has 0 atom stereocenters. The van der Waals surface area contributed by atoms with Gasteiger partial charge in [-0.3, -0.25) is 4.79 Å². The van der Waals surface area contributed by atoms with Crippen LogP contribution in [-0.2, 0) is 0 Å². The van der Waals surface area contributed by atoms with E-state index in [0.717, 1.165) is 24.2 Å². The molecule has 0 spiro atoms. The molecule has 0 aromatic carbocycles. The fraction of sp³-hybridized carbons (Fsp3) is 0.364. The van der Waals surface area contributed by atoms with Gasteiger partial charge in [0.25, 0.3) is 0 Å². The Morgan fingerprint density at radius 2 is 2.29 bits per heavy atom. The van der Waals surface area contributed by atoms with Crippen LogP contribution in [-0.4, -0.2) is 18.6 Å². The fourth-order valence-electron chi connectivity index (χ4n) is 1.21. The third kappa shape index (κ3) is 3.18. The van der Waals surface area contributed by atoms with E-state index in [1.807, 2.05) is 26.1 Å². The summed E-state index contributed by atoms with van der Waals surface area (Å²) < 4.78 is 0. The summed E-state index contributed by atoms with van der Waals surface area (Å²) in [4.78, 5) is 13.7. The Hall–Kier alpha value is -1.35. The molecule has 3 heteroatoms. The van der Waals surface area contributed by atoms with Gasteiger partial charge in [0.15, 0.2) is 0 Å². The van der Waals surface area contributed by atoms with Crippen molar-refractivity contribution in [3.8, 4) is 0 Å². The maximum atomic E-state index is 10.9.